The van der Waals surface area contributed by atoms with E-state index < -0.39 is 5.54 Å². The molecule has 21 heavy (non-hydrogen) atoms. The minimum Gasteiger partial charge on any atom is -0.368 e. The lowest BCUT2D eigenvalue weighted by molar-refractivity contribution is -0.130. The lowest BCUT2D eigenvalue weighted by Crippen LogP contribution is -2.54. The molecule has 1 aliphatic rings. The van der Waals surface area contributed by atoms with Crippen molar-refractivity contribution in [2.24, 2.45) is 5.73 Å². The van der Waals surface area contributed by atoms with Gasteiger partial charge in [0.2, 0.25) is 5.91 Å². The van der Waals surface area contributed by atoms with Crippen LogP contribution in [0.1, 0.15) is 37.8 Å². The Morgan fingerprint density at radius 1 is 1.29 bits per heavy atom. The largest absolute Gasteiger partial charge is 0.368 e. The van der Waals surface area contributed by atoms with Gasteiger partial charge < -0.3 is 11.1 Å². The van der Waals surface area contributed by atoms with Crippen molar-refractivity contribution in [2.75, 3.05) is 26.2 Å². The van der Waals surface area contributed by atoms with E-state index in [1.165, 1.54) is 5.56 Å². The van der Waals surface area contributed by atoms with Gasteiger partial charge in [-0.05, 0) is 37.4 Å². The minimum atomic E-state index is -0.725. The molecular weight excluding hydrogens is 262 g/mol. The summed E-state index contributed by atoms with van der Waals surface area (Å²) in [5, 5.41) is 3.37. The van der Waals surface area contributed by atoms with E-state index in [1.54, 1.807) is 0 Å². The molecule has 0 radical (unpaired) electrons. The molecule has 0 bridgehead atoms. The van der Waals surface area contributed by atoms with E-state index in [4.69, 9.17) is 5.73 Å². The van der Waals surface area contributed by atoms with Gasteiger partial charge in [-0.15, -0.1) is 0 Å². The number of hydrogen-bond donors (Lipinski definition) is 2. The summed E-state index contributed by atoms with van der Waals surface area (Å²) in [6.07, 6.45) is 3.24. The van der Waals surface area contributed by atoms with Crippen molar-refractivity contribution in [1.82, 2.24) is 10.2 Å². The predicted molar refractivity (Wildman–Crippen MR) is 86.0 cm³/mol. The first-order valence-electron chi connectivity index (χ1n) is 7.94. The molecule has 1 heterocycles. The Morgan fingerprint density at radius 3 is 2.62 bits per heavy atom. The first-order chi connectivity index (χ1) is 10.1. The molecule has 1 aromatic rings. The van der Waals surface area contributed by atoms with Crippen molar-refractivity contribution in [3.05, 3.63) is 35.4 Å². The average Bonchev–Trinajstić information content (AvgIpc) is 2.76. The van der Waals surface area contributed by atoms with E-state index in [1.807, 2.05) is 6.92 Å². The Bertz CT molecular complexity index is 463. The number of aryl methyl sites for hydroxylation is 1. The number of hydrogen-bond acceptors (Lipinski definition) is 3. The van der Waals surface area contributed by atoms with Gasteiger partial charge in [0.25, 0.3) is 0 Å². The van der Waals surface area contributed by atoms with Gasteiger partial charge in [0.05, 0.1) is 0 Å². The van der Waals surface area contributed by atoms with Gasteiger partial charge in [-0.3, -0.25) is 9.69 Å². The minimum absolute atomic E-state index is 0.271. The van der Waals surface area contributed by atoms with Crippen LogP contribution in [0.2, 0.25) is 0 Å². The Balaban J connectivity index is 2.29. The molecule has 1 amide bonds. The standard InChI is InChI=1S/C17H27N3O/c1-3-5-14-6-8-15(9-7-14)17(2,16(18)21)20-12-4-10-19-11-13-20/h6-9,19H,3-5,10-13H2,1-2H3,(H2,18,21). The van der Waals surface area contributed by atoms with Crippen molar-refractivity contribution in [3.63, 3.8) is 0 Å². The number of rotatable bonds is 5. The van der Waals surface area contributed by atoms with Crippen LogP contribution in [-0.2, 0) is 16.8 Å². The van der Waals surface area contributed by atoms with Crippen LogP contribution < -0.4 is 11.1 Å². The molecule has 4 heteroatoms. The van der Waals surface area contributed by atoms with Crippen LogP contribution >= 0.6 is 0 Å². The predicted octanol–water partition coefficient (Wildman–Crippen LogP) is 1.63. The lowest BCUT2D eigenvalue weighted by atomic mass is 9.88. The summed E-state index contributed by atoms with van der Waals surface area (Å²) < 4.78 is 0. The summed E-state index contributed by atoms with van der Waals surface area (Å²) >= 11 is 0. The van der Waals surface area contributed by atoms with Gasteiger partial charge in [0.15, 0.2) is 0 Å². The maximum atomic E-state index is 12.2. The van der Waals surface area contributed by atoms with Crippen LogP contribution in [0.25, 0.3) is 0 Å². The third-order valence-corrected chi connectivity index (χ3v) is 4.51. The molecule has 2 rings (SSSR count). The molecule has 116 valence electrons. The quantitative estimate of drug-likeness (QED) is 0.866. The first-order valence-corrected chi connectivity index (χ1v) is 7.94. The summed E-state index contributed by atoms with van der Waals surface area (Å²) in [5.74, 6) is -0.271. The normalized spacial score (nSPS) is 19.7. The molecule has 1 aromatic carbocycles. The zero-order chi connectivity index (χ0) is 15.3. The molecule has 4 nitrogen and oxygen atoms in total. The van der Waals surface area contributed by atoms with Crippen LogP contribution in [-0.4, -0.2) is 37.0 Å². The maximum absolute atomic E-state index is 12.2. The number of carbonyl (C=O) groups excluding carboxylic acids is 1. The smallest absolute Gasteiger partial charge is 0.242 e. The fraction of sp³-hybridized carbons (Fsp3) is 0.588. The van der Waals surface area contributed by atoms with E-state index in [0.29, 0.717) is 0 Å². The number of carbonyl (C=O) groups is 1. The van der Waals surface area contributed by atoms with Crippen LogP contribution in [0, 0.1) is 0 Å². The highest BCUT2D eigenvalue weighted by Gasteiger charge is 2.39. The molecule has 0 spiro atoms. The fourth-order valence-corrected chi connectivity index (χ4v) is 3.06. The lowest BCUT2D eigenvalue weighted by Gasteiger charge is -2.38. The third-order valence-electron chi connectivity index (χ3n) is 4.51. The zero-order valence-electron chi connectivity index (χ0n) is 13.2. The number of nitrogens with one attached hydrogen (secondary N) is 1. The van der Waals surface area contributed by atoms with Crippen LogP contribution in [0.3, 0.4) is 0 Å². The zero-order valence-corrected chi connectivity index (χ0v) is 13.2. The summed E-state index contributed by atoms with van der Waals surface area (Å²) in [5.41, 5.74) is 7.36. The number of benzene rings is 1. The Labute approximate surface area is 127 Å². The summed E-state index contributed by atoms with van der Waals surface area (Å²) in [6.45, 7) is 7.76. The molecule has 1 atom stereocenters. The molecule has 3 N–H and O–H groups in total. The van der Waals surface area contributed by atoms with Crippen molar-refractivity contribution < 1.29 is 4.79 Å². The third kappa shape index (κ3) is 3.44. The van der Waals surface area contributed by atoms with Gasteiger partial charge in [-0.1, -0.05) is 37.6 Å². The highest BCUT2D eigenvalue weighted by molar-refractivity contribution is 5.85. The molecular formula is C17H27N3O. The second-order valence-electron chi connectivity index (χ2n) is 5.97. The van der Waals surface area contributed by atoms with E-state index in [9.17, 15) is 4.79 Å². The monoisotopic (exact) mass is 289 g/mol. The molecule has 1 saturated heterocycles. The Kier molecular flexibility index (Phi) is 5.37. The van der Waals surface area contributed by atoms with Crippen molar-refractivity contribution in [3.8, 4) is 0 Å². The number of primary amides is 1. The van der Waals surface area contributed by atoms with Crippen molar-refractivity contribution >= 4 is 5.91 Å². The summed E-state index contributed by atoms with van der Waals surface area (Å²) in [6, 6.07) is 8.37. The summed E-state index contributed by atoms with van der Waals surface area (Å²) in [7, 11) is 0. The van der Waals surface area contributed by atoms with Crippen molar-refractivity contribution in [1.29, 1.82) is 0 Å². The average molecular weight is 289 g/mol. The Hall–Kier alpha value is -1.39. The second kappa shape index (κ2) is 7.05. The number of nitrogens with zero attached hydrogens (tertiary/aromatic N) is 1. The van der Waals surface area contributed by atoms with E-state index in [0.717, 1.165) is 51.0 Å². The van der Waals surface area contributed by atoms with Gasteiger partial charge in [-0.2, -0.15) is 0 Å². The Morgan fingerprint density at radius 2 is 2.00 bits per heavy atom. The SMILES string of the molecule is CCCc1ccc(C(C)(C(N)=O)N2CCCNCC2)cc1. The highest BCUT2D eigenvalue weighted by atomic mass is 16.1. The van der Waals surface area contributed by atoms with E-state index >= 15 is 0 Å². The van der Waals surface area contributed by atoms with E-state index in [-0.39, 0.29) is 5.91 Å². The number of amides is 1. The molecule has 0 saturated carbocycles. The van der Waals surface area contributed by atoms with E-state index in [2.05, 4.69) is 41.4 Å². The molecule has 1 fully saturated rings. The van der Waals surface area contributed by atoms with Gasteiger partial charge in [-0.25, -0.2) is 0 Å². The van der Waals surface area contributed by atoms with Gasteiger partial charge in [0, 0.05) is 19.6 Å². The molecule has 1 unspecified atom stereocenters. The van der Waals surface area contributed by atoms with Crippen LogP contribution in [0.15, 0.2) is 24.3 Å². The highest BCUT2D eigenvalue weighted by Crippen LogP contribution is 2.29. The topological polar surface area (TPSA) is 58.4 Å². The fourth-order valence-electron chi connectivity index (χ4n) is 3.06. The molecule has 1 aliphatic heterocycles. The first kappa shape index (κ1) is 16.0. The van der Waals surface area contributed by atoms with Crippen LogP contribution in [0.4, 0.5) is 0 Å². The van der Waals surface area contributed by atoms with Crippen molar-refractivity contribution in [2.45, 2.75) is 38.6 Å². The molecule has 0 aliphatic carbocycles. The molecule has 0 aromatic heterocycles. The van der Waals surface area contributed by atoms with Crippen LogP contribution in [0.5, 0.6) is 0 Å². The number of nitrogens with two attached hydrogens (primary N) is 1. The summed E-state index contributed by atoms with van der Waals surface area (Å²) in [4.78, 5) is 14.4. The van der Waals surface area contributed by atoms with Gasteiger partial charge in [0.1, 0.15) is 5.54 Å². The maximum Gasteiger partial charge on any atom is 0.242 e. The van der Waals surface area contributed by atoms with Gasteiger partial charge >= 0.3 is 0 Å². The second-order valence-corrected chi connectivity index (χ2v) is 5.97.